The van der Waals surface area contributed by atoms with E-state index in [9.17, 15) is 4.79 Å². The van der Waals surface area contributed by atoms with Crippen molar-refractivity contribution in [3.63, 3.8) is 0 Å². The number of aromatic nitrogens is 1. The number of carbonyl (C=O) groups is 1. The highest BCUT2D eigenvalue weighted by Crippen LogP contribution is 2.27. The van der Waals surface area contributed by atoms with E-state index in [0.717, 1.165) is 5.56 Å². The number of esters is 1. The van der Waals surface area contributed by atoms with Crippen LogP contribution in [0.5, 0.6) is 5.75 Å². The Bertz CT molecular complexity index is 905. The molecule has 0 radical (unpaired) electrons. The third-order valence-corrected chi connectivity index (χ3v) is 3.21. The molecule has 23 heavy (non-hydrogen) atoms. The van der Waals surface area contributed by atoms with Gasteiger partial charge >= 0.3 is 5.97 Å². The Morgan fingerprint density at radius 3 is 2.96 bits per heavy atom. The molecule has 0 amide bonds. The Morgan fingerprint density at radius 2 is 2.17 bits per heavy atom. The lowest BCUT2D eigenvalue weighted by atomic mass is 10.2. The number of benzene rings is 2. The maximum Gasteiger partial charge on any atom is 0.337 e. The van der Waals surface area contributed by atoms with Crippen molar-refractivity contribution in [2.24, 2.45) is 0 Å². The molecule has 3 aromatic rings. The number of ether oxygens (including phenoxy) is 2. The first-order chi connectivity index (χ1) is 11.2. The molecule has 1 aromatic heterocycles. The van der Waals surface area contributed by atoms with E-state index in [2.05, 4.69) is 10.9 Å². The number of hydrogen-bond donors (Lipinski definition) is 0. The first kappa shape index (κ1) is 14.7. The minimum absolute atomic E-state index is 0.194. The molecule has 0 atom stereocenters. The van der Waals surface area contributed by atoms with Crippen molar-refractivity contribution in [1.29, 1.82) is 0 Å². The largest absolute Gasteiger partial charge is 0.481 e. The van der Waals surface area contributed by atoms with E-state index in [4.69, 9.17) is 20.3 Å². The number of rotatable bonds is 4. The van der Waals surface area contributed by atoms with Crippen molar-refractivity contribution in [2.45, 2.75) is 0 Å². The Kier molecular flexibility index (Phi) is 3.98. The molecule has 5 heteroatoms. The number of carbonyl (C=O) groups excluding carboxylic acids is 1. The van der Waals surface area contributed by atoms with Gasteiger partial charge in [0, 0.05) is 5.56 Å². The zero-order valence-corrected chi connectivity index (χ0v) is 12.4. The summed E-state index contributed by atoms with van der Waals surface area (Å²) in [5, 5.41) is 0. The smallest absolute Gasteiger partial charge is 0.337 e. The van der Waals surface area contributed by atoms with Crippen LogP contribution in [0.1, 0.15) is 10.4 Å². The second kappa shape index (κ2) is 6.24. The molecule has 0 fully saturated rings. The highest BCUT2D eigenvalue weighted by Gasteiger charge is 2.12. The number of methoxy groups -OCH3 is 1. The molecule has 0 spiro atoms. The molecule has 0 aliphatic carbocycles. The van der Waals surface area contributed by atoms with Crippen LogP contribution in [0.4, 0.5) is 0 Å². The fourth-order valence-electron chi connectivity index (χ4n) is 2.14. The fraction of sp³-hybridized carbons (Fsp3) is 0.111. The number of nitrogens with zero attached hydrogens (tertiary/aromatic N) is 1. The second-order valence-electron chi connectivity index (χ2n) is 4.71. The Balaban J connectivity index is 1.97. The van der Waals surface area contributed by atoms with Gasteiger partial charge in [0.05, 0.1) is 12.7 Å². The molecule has 0 unspecified atom stereocenters. The number of hydrogen-bond acceptors (Lipinski definition) is 5. The average Bonchev–Trinajstić information content (AvgIpc) is 3.02. The van der Waals surface area contributed by atoms with Gasteiger partial charge in [-0.3, -0.25) is 0 Å². The molecular formula is C18H13NO4. The first-order valence-corrected chi connectivity index (χ1v) is 6.87. The minimum Gasteiger partial charge on any atom is -0.481 e. The van der Waals surface area contributed by atoms with E-state index < -0.39 is 5.97 Å². The van der Waals surface area contributed by atoms with E-state index in [-0.39, 0.29) is 6.61 Å². The van der Waals surface area contributed by atoms with Gasteiger partial charge in [-0.05, 0) is 36.4 Å². The Labute approximate surface area is 132 Å². The monoisotopic (exact) mass is 307 g/mol. The molecule has 5 nitrogen and oxygen atoms in total. The number of oxazole rings is 1. The van der Waals surface area contributed by atoms with E-state index in [0.29, 0.717) is 28.3 Å². The van der Waals surface area contributed by atoms with E-state index in [1.807, 2.05) is 12.1 Å². The number of fused-ring (bicyclic) bond motifs is 1. The first-order valence-electron chi connectivity index (χ1n) is 6.87. The Hall–Kier alpha value is -3.26. The molecule has 0 saturated heterocycles. The van der Waals surface area contributed by atoms with Gasteiger partial charge in [-0.15, -0.1) is 6.42 Å². The van der Waals surface area contributed by atoms with E-state index >= 15 is 0 Å². The van der Waals surface area contributed by atoms with Crippen LogP contribution < -0.4 is 4.74 Å². The lowest BCUT2D eigenvalue weighted by molar-refractivity contribution is 0.0601. The molecular weight excluding hydrogens is 294 g/mol. The average molecular weight is 307 g/mol. The maximum absolute atomic E-state index is 11.6. The summed E-state index contributed by atoms with van der Waals surface area (Å²) in [5.41, 5.74) is 2.34. The normalized spacial score (nSPS) is 10.3. The molecule has 2 aromatic carbocycles. The highest BCUT2D eigenvalue weighted by molar-refractivity contribution is 5.93. The highest BCUT2D eigenvalue weighted by atomic mass is 16.5. The van der Waals surface area contributed by atoms with E-state index in [1.165, 1.54) is 7.11 Å². The summed E-state index contributed by atoms with van der Waals surface area (Å²) in [5.74, 6) is 3.07. The summed E-state index contributed by atoms with van der Waals surface area (Å²) in [6.45, 7) is 0.194. The predicted molar refractivity (Wildman–Crippen MR) is 85.1 cm³/mol. The molecule has 3 rings (SSSR count). The summed E-state index contributed by atoms with van der Waals surface area (Å²) < 4.78 is 15.8. The zero-order valence-electron chi connectivity index (χ0n) is 12.4. The minimum atomic E-state index is -0.422. The van der Waals surface area contributed by atoms with Crippen LogP contribution in [0.2, 0.25) is 0 Å². The van der Waals surface area contributed by atoms with Crippen LogP contribution in [0.25, 0.3) is 22.6 Å². The molecule has 0 aliphatic heterocycles. The van der Waals surface area contributed by atoms with Crippen LogP contribution in [0.3, 0.4) is 0 Å². The third kappa shape index (κ3) is 3.01. The van der Waals surface area contributed by atoms with Crippen molar-refractivity contribution < 1.29 is 18.7 Å². The standard InChI is InChI=1S/C18H13NO4/c1-3-9-22-14-6-4-5-12(10-14)17-19-15-8-7-13(18(20)21-2)11-16(15)23-17/h1,4-8,10-11H,9H2,2H3. The lowest BCUT2D eigenvalue weighted by Crippen LogP contribution is -2.00. The van der Waals surface area contributed by atoms with Gasteiger partial charge in [0.25, 0.3) is 0 Å². The molecule has 1 heterocycles. The Morgan fingerprint density at radius 1 is 1.30 bits per heavy atom. The van der Waals surface area contributed by atoms with Gasteiger partial charge < -0.3 is 13.9 Å². The summed E-state index contributed by atoms with van der Waals surface area (Å²) >= 11 is 0. The SMILES string of the molecule is C#CCOc1cccc(-c2nc3ccc(C(=O)OC)cc3o2)c1. The lowest BCUT2D eigenvalue weighted by Gasteiger charge is -2.02. The van der Waals surface area contributed by atoms with Gasteiger partial charge in [-0.2, -0.15) is 0 Å². The summed E-state index contributed by atoms with van der Waals surface area (Å²) in [6.07, 6.45) is 5.18. The van der Waals surface area contributed by atoms with Gasteiger partial charge in [-0.1, -0.05) is 12.0 Å². The summed E-state index contributed by atoms with van der Waals surface area (Å²) in [4.78, 5) is 16.0. The van der Waals surface area contributed by atoms with Gasteiger partial charge in [0.2, 0.25) is 5.89 Å². The number of terminal acetylenes is 1. The van der Waals surface area contributed by atoms with Crippen molar-refractivity contribution >= 4 is 17.1 Å². The van der Waals surface area contributed by atoms with Crippen LogP contribution >= 0.6 is 0 Å². The zero-order chi connectivity index (χ0) is 16.2. The van der Waals surface area contributed by atoms with Gasteiger partial charge in [0.15, 0.2) is 5.58 Å². The van der Waals surface area contributed by atoms with Crippen LogP contribution in [-0.4, -0.2) is 24.7 Å². The fourth-order valence-corrected chi connectivity index (χ4v) is 2.14. The molecule has 0 N–H and O–H groups in total. The van der Waals surface area contributed by atoms with Crippen LogP contribution in [-0.2, 0) is 4.74 Å². The second-order valence-corrected chi connectivity index (χ2v) is 4.71. The molecule has 0 saturated carbocycles. The van der Waals surface area contributed by atoms with Gasteiger partial charge in [0.1, 0.15) is 17.9 Å². The van der Waals surface area contributed by atoms with Crippen LogP contribution in [0, 0.1) is 12.3 Å². The van der Waals surface area contributed by atoms with Crippen molar-refractivity contribution in [1.82, 2.24) is 4.98 Å². The van der Waals surface area contributed by atoms with Gasteiger partial charge in [-0.25, -0.2) is 9.78 Å². The molecule has 114 valence electrons. The van der Waals surface area contributed by atoms with E-state index in [1.54, 1.807) is 30.3 Å². The van der Waals surface area contributed by atoms with Crippen molar-refractivity contribution in [2.75, 3.05) is 13.7 Å². The topological polar surface area (TPSA) is 61.6 Å². The summed E-state index contributed by atoms with van der Waals surface area (Å²) in [6, 6.07) is 12.3. The quantitative estimate of drug-likeness (QED) is 0.547. The molecule has 0 bridgehead atoms. The predicted octanol–water partition coefficient (Wildman–Crippen LogP) is 3.29. The van der Waals surface area contributed by atoms with Crippen molar-refractivity contribution in [3.05, 3.63) is 48.0 Å². The van der Waals surface area contributed by atoms with Crippen LogP contribution in [0.15, 0.2) is 46.9 Å². The van der Waals surface area contributed by atoms with Crippen molar-refractivity contribution in [3.8, 4) is 29.5 Å². The third-order valence-electron chi connectivity index (χ3n) is 3.21. The summed E-state index contributed by atoms with van der Waals surface area (Å²) in [7, 11) is 1.33. The maximum atomic E-state index is 11.6. The molecule has 0 aliphatic rings.